The summed E-state index contributed by atoms with van der Waals surface area (Å²) < 4.78 is 1.94. The van der Waals surface area contributed by atoms with E-state index >= 15 is 0 Å². The van der Waals surface area contributed by atoms with Crippen LogP contribution >= 0.6 is 0 Å². The van der Waals surface area contributed by atoms with E-state index < -0.39 is 0 Å². The van der Waals surface area contributed by atoms with Crippen molar-refractivity contribution in [2.75, 3.05) is 5.73 Å². The number of nitrogens with two attached hydrogens (primary N) is 1. The Morgan fingerprint density at radius 3 is 2.50 bits per heavy atom. The fourth-order valence-electron chi connectivity index (χ4n) is 2.30. The van der Waals surface area contributed by atoms with Crippen molar-refractivity contribution in [2.45, 2.75) is 13.8 Å². The van der Waals surface area contributed by atoms with Crippen molar-refractivity contribution >= 4 is 5.82 Å². The van der Waals surface area contributed by atoms with Crippen molar-refractivity contribution in [1.29, 1.82) is 0 Å². The van der Waals surface area contributed by atoms with Gasteiger partial charge in [-0.3, -0.25) is 0 Å². The van der Waals surface area contributed by atoms with E-state index in [-0.39, 0.29) is 0 Å². The van der Waals surface area contributed by atoms with Gasteiger partial charge in [-0.25, -0.2) is 9.67 Å². The van der Waals surface area contributed by atoms with E-state index in [1.807, 2.05) is 48.9 Å². The summed E-state index contributed by atoms with van der Waals surface area (Å²) in [6, 6.07) is 15.9. The summed E-state index contributed by atoms with van der Waals surface area (Å²) in [5.74, 6) is 0.527. The maximum Gasteiger partial charge on any atom is 0.124 e. The summed E-state index contributed by atoms with van der Waals surface area (Å²) in [6.07, 6.45) is 0. The standard InChI is InChI=1S/C16H16N4/c1-11-9-12(2)20(19-11)14-6-3-5-13(10-14)15-7-4-8-16(17)18-15/h3-10H,1-2H3,(H2,17,18). The molecule has 3 rings (SSSR count). The number of benzene rings is 1. The minimum absolute atomic E-state index is 0.527. The Bertz CT molecular complexity index is 759. The van der Waals surface area contributed by atoms with Crippen molar-refractivity contribution in [3.63, 3.8) is 0 Å². The largest absolute Gasteiger partial charge is 0.384 e. The number of rotatable bonds is 2. The average Bonchev–Trinajstić information content (AvgIpc) is 2.78. The van der Waals surface area contributed by atoms with E-state index in [1.54, 1.807) is 6.07 Å². The van der Waals surface area contributed by atoms with Gasteiger partial charge in [0.2, 0.25) is 0 Å². The number of aromatic nitrogens is 3. The SMILES string of the molecule is Cc1cc(C)n(-c2cccc(-c3cccc(N)n3)c2)n1. The smallest absolute Gasteiger partial charge is 0.124 e. The van der Waals surface area contributed by atoms with Crippen molar-refractivity contribution in [1.82, 2.24) is 14.8 Å². The fraction of sp³-hybridized carbons (Fsp3) is 0.125. The van der Waals surface area contributed by atoms with Crippen LogP contribution in [0.2, 0.25) is 0 Å². The molecule has 0 fully saturated rings. The zero-order valence-electron chi connectivity index (χ0n) is 11.5. The molecule has 100 valence electrons. The van der Waals surface area contributed by atoms with E-state index in [1.165, 1.54) is 0 Å². The van der Waals surface area contributed by atoms with Crippen molar-refractivity contribution in [3.8, 4) is 16.9 Å². The molecule has 0 aliphatic heterocycles. The lowest BCUT2D eigenvalue weighted by Gasteiger charge is -2.07. The van der Waals surface area contributed by atoms with E-state index in [4.69, 9.17) is 5.73 Å². The first kappa shape index (κ1) is 12.4. The number of nitrogen functional groups attached to an aromatic ring is 1. The van der Waals surface area contributed by atoms with Gasteiger partial charge in [0.25, 0.3) is 0 Å². The average molecular weight is 264 g/mol. The van der Waals surface area contributed by atoms with Gasteiger partial charge in [0, 0.05) is 11.3 Å². The van der Waals surface area contributed by atoms with Crippen LogP contribution in [0.25, 0.3) is 16.9 Å². The normalized spacial score (nSPS) is 10.7. The Hall–Kier alpha value is -2.62. The van der Waals surface area contributed by atoms with Crippen molar-refractivity contribution in [2.24, 2.45) is 0 Å². The fourth-order valence-corrected chi connectivity index (χ4v) is 2.30. The van der Waals surface area contributed by atoms with Crippen LogP contribution in [0.3, 0.4) is 0 Å². The Morgan fingerprint density at radius 1 is 1.00 bits per heavy atom. The first-order valence-corrected chi connectivity index (χ1v) is 6.50. The first-order chi connectivity index (χ1) is 9.63. The molecule has 0 atom stereocenters. The Kier molecular flexibility index (Phi) is 2.99. The van der Waals surface area contributed by atoms with Crippen LogP contribution in [-0.2, 0) is 0 Å². The van der Waals surface area contributed by atoms with Gasteiger partial charge in [0.1, 0.15) is 5.82 Å². The molecule has 0 aliphatic rings. The molecule has 2 N–H and O–H groups in total. The molecular weight excluding hydrogens is 248 g/mol. The number of anilines is 1. The van der Waals surface area contributed by atoms with Gasteiger partial charge in [-0.05, 0) is 44.2 Å². The molecule has 3 aromatic rings. The van der Waals surface area contributed by atoms with Gasteiger partial charge < -0.3 is 5.73 Å². The zero-order chi connectivity index (χ0) is 14.1. The minimum Gasteiger partial charge on any atom is -0.384 e. The number of hydrogen-bond acceptors (Lipinski definition) is 3. The van der Waals surface area contributed by atoms with Gasteiger partial charge in [0.05, 0.1) is 17.1 Å². The maximum absolute atomic E-state index is 5.74. The lowest BCUT2D eigenvalue weighted by atomic mass is 10.1. The highest BCUT2D eigenvalue weighted by atomic mass is 15.3. The molecule has 2 heterocycles. The summed E-state index contributed by atoms with van der Waals surface area (Å²) >= 11 is 0. The summed E-state index contributed by atoms with van der Waals surface area (Å²) in [7, 11) is 0. The summed E-state index contributed by atoms with van der Waals surface area (Å²) in [5.41, 5.74) is 10.8. The number of nitrogens with zero attached hydrogens (tertiary/aromatic N) is 3. The van der Waals surface area contributed by atoms with Gasteiger partial charge in [0.15, 0.2) is 0 Å². The Balaban J connectivity index is 2.08. The maximum atomic E-state index is 5.74. The molecule has 2 aromatic heterocycles. The second kappa shape index (κ2) is 4.81. The Morgan fingerprint density at radius 2 is 1.80 bits per heavy atom. The topological polar surface area (TPSA) is 56.7 Å². The summed E-state index contributed by atoms with van der Waals surface area (Å²) in [5, 5.41) is 4.50. The van der Waals surface area contributed by atoms with Crippen LogP contribution in [0.15, 0.2) is 48.5 Å². The van der Waals surface area contributed by atoms with Crippen molar-refractivity contribution in [3.05, 3.63) is 59.9 Å². The predicted molar refractivity (Wildman–Crippen MR) is 80.7 cm³/mol. The highest BCUT2D eigenvalue weighted by Crippen LogP contribution is 2.21. The molecular formula is C16H16N4. The van der Waals surface area contributed by atoms with E-state index in [9.17, 15) is 0 Å². The highest BCUT2D eigenvalue weighted by Gasteiger charge is 2.06. The third-order valence-corrected chi connectivity index (χ3v) is 3.17. The third-order valence-electron chi connectivity index (χ3n) is 3.17. The highest BCUT2D eigenvalue weighted by molar-refractivity contribution is 5.63. The molecule has 0 radical (unpaired) electrons. The molecule has 0 saturated heterocycles. The van der Waals surface area contributed by atoms with Gasteiger partial charge in [-0.2, -0.15) is 5.10 Å². The molecule has 4 nitrogen and oxygen atoms in total. The molecule has 20 heavy (non-hydrogen) atoms. The monoisotopic (exact) mass is 264 g/mol. The van der Waals surface area contributed by atoms with E-state index in [0.29, 0.717) is 5.82 Å². The van der Waals surface area contributed by atoms with Crippen LogP contribution in [0.4, 0.5) is 5.82 Å². The van der Waals surface area contributed by atoms with Gasteiger partial charge >= 0.3 is 0 Å². The molecule has 0 saturated carbocycles. The summed E-state index contributed by atoms with van der Waals surface area (Å²) in [4.78, 5) is 4.35. The number of pyridine rings is 1. The number of hydrogen-bond donors (Lipinski definition) is 1. The molecule has 1 aromatic carbocycles. The lowest BCUT2D eigenvalue weighted by molar-refractivity contribution is 0.834. The Labute approximate surface area is 117 Å². The van der Waals surface area contributed by atoms with Crippen LogP contribution in [0.5, 0.6) is 0 Å². The zero-order valence-corrected chi connectivity index (χ0v) is 11.5. The molecule has 0 unspecified atom stereocenters. The van der Waals surface area contributed by atoms with Crippen LogP contribution in [-0.4, -0.2) is 14.8 Å². The molecule has 4 heteroatoms. The second-order valence-electron chi connectivity index (χ2n) is 4.84. The predicted octanol–water partition coefficient (Wildman–Crippen LogP) is 3.13. The van der Waals surface area contributed by atoms with Crippen molar-refractivity contribution < 1.29 is 0 Å². The minimum atomic E-state index is 0.527. The lowest BCUT2D eigenvalue weighted by Crippen LogP contribution is -1.99. The van der Waals surface area contributed by atoms with Crippen LogP contribution in [0, 0.1) is 13.8 Å². The third kappa shape index (κ3) is 2.28. The summed E-state index contributed by atoms with van der Waals surface area (Å²) in [6.45, 7) is 4.04. The molecule has 0 amide bonds. The quantitative estimate of drug-likeness (QED) is 0.773. The van der Waals surface area contributed by atoms with Gasteiger partial charge in [-0.15, -0.1) is 0 Å². The molecule has 0 aliphatic carbocycles. The molecule has 0 bridgehead atoms. The van der Waals surface area contributed by atoms with Crippen LogP contribution in [0.1, 0.15) is 11.4 Å². The second-order valence-corrected chi connectivity index (χ2v) is 4.84. The first-order valence-electron chi connectivity index (χ1n) is 6.50. The van der Waals surface area contributed by atoms with Gasteiger partial charge in [-0.1, -0.05) is 18.2 Å². The van der Waals surface area contributed by atoms with Crippen LogP contribution < -0.4 is 5.73 Å². The number of aryl methyl sites for hydroxylation is 2. The van der Waals surface area contributed by atoms with E-state index in [2.05, 4.69) is 22.2 Å². The molecule has 0 spiro atoms. The van der Waals surface area contributed by atoms with E-state index in [0.717, 1.165) is 28.3 Å².